The van der Waals surface area contributed by atoms with E-state index in [2.05, 4.69) is 4.90 Å². The predicted octanol–water partition coefficient (Wildman–Crippen LogP) is 1.39. The Balaban J connectivity index is 1.97. The van der Waals surface area contributed by atoms with Crippen molar-refractivity contribution in [2.24, 2.45) is 11.7 Å². The molecule has 1 fully saturated rings. The Labute approximate surface area is 104 Å². The SMILES string of the molecule is COCCCCCCN1CCC(C(N)=O)CC1. The van der Waals surface area contributed by atoms with Crippen LogP contribution in [0, 0.1) is 5.92 Å². The van der Waals surface area contributed by atoms with Crippen molar-refractivity contribution in [3.8, 4) is 0 Å². The van der Waals surface area contributed by atoms with E-state index in [4.69, 9.17) is 10.5 Å². The minimum absolute atomic E-state index is 0.118. The molecule has 2 N–H and O–H groups in total. The van der Waals surface area contributed by atoms with E-state index in [-0.39, 0.29) is 11.8 Å². The average molecular weight is 242 g/mol. The first-order valence-corrected chi connectivity index (χ1v) is 6.74. The smallest absolute Gasteiger partial charge is 0.220 e. The number of carbonyl (C=O) groups excluding carboxylic acids is 1. The summed E-state index contributed by atoms with van der Waals surface area (Å²) in [7, 11) is 1.75. The zero-order chi connectivity index (χ0) is 12.5. The molecular formula is C13H26N2O2. The topological polar surface area (TPSA) is 55.6 Å². The molecule has 0 aromatic heterocycles. The number of amides is 1. The number of nitrogens with two attached hydrogens (primary N) is 1. The molecule has 1 rings (SSSR count). The molecule has 1 saturated heterocycles. The molecule has 0 aromatic carbocycles. The lowest BCUT2D eigenvalue weighted by atomic mass is 9.96. The van der Waals surface area contributed by atoms with Gasteiger partial charge in [-0.15, -0.1) is 0 Å². The number of carbonyl (C=O) groups is 1. The van der Waals surface area contributed by atoms with Gasteiger partial charge in [0.25, 0.3) is 0 Å². The molecule has 0 unspecified atom stereocenters. The van der Waals surface area contributed by atoms with Gasteiger partial charge in [0.15, 0.2) is 0 Å². The minimum Gasteiger partial charge on any atom is -0.385 e. The van der Waals surface area contributed by atoms with Gasteiger partial charge < -0.3 is 15.4 Å². The highest BCUT2D eigenvalue weighted by Gasteiger charge is 2.22. The zero-order valence-electron chi connectivity index (χ0n) is 11.0. The van der Waals surface area contributed by atoms with Crippen LogP contribution in [0.4, 0.5) is 0 Å². The third kappa shape index (κ3) is 6.03. The van der Waals surface area contributed by atoms with Crippen molar-refractivity contribution >= 4 is 5.91 Å². The third-order valence-electron chi connectivity index (χ3n) is 3.56. The fourth-order valence-electron chi connectivity index (χ4n) is 2.38. The van der Waals surface area contributed by atoms with Crippen molar-refractivity contribution in [1.82, 2.24) is 4.90 Å². The Morgan fingerprint density at radius 2 is 1.88 bits per heavy atom. The molecule has 0 radical (unpaired) electrons. The molecule has 0 aliphatic carbocycles. The van der Waals surface area contributed by atoms with E-state index in [1.807, 2.05) is 0 Å². The van der Waals surface area contributed by atoms with Crippen molar-refractivity contribution in [2.45, 2.75) is 38.5 Å². The van der Waals surface area contributed by atoms with Crippen LogP contribution in [-0.2, 0) is 9.53 Å². The summed E-state index contributed by atoms with van der Waals surface area (Å²) < 4.78 is 5.02. The molecule has 100 valence electrons. The maximum Gasteiger partial charge on any atom is 0.220 e. The number of rotatable bonds is 8. The number of hydrogen-bond acceptors (Lipinski definition) is 3. The van der Waals surface area contributed by atoms with E-state index in [1.54, 1.807) is 7.11 Å². The summed E-state index contributed by atoms with van der Waals surface area (Å²) in [5, 5.41) is 0. The number of methoxy groups -OCH3 is 1. The number of likely N-dealkylation sites (tertiary alicyclic amines) is 1. The highest BCUT2D eigenvalue weighted by molar-refractivity contribution is 5.76. The lowest BCUT2D eigenvalue weighted by Crippen LogP contribution is -2.38. The van der Waals surface area contributed by atoms with Gasteiger partial charge in [-0.3, -0.25) is 4.79 Å². The summed E-state index contributed by atoms with van der Waals surface area (Å²) in [6.45, 7) is 4.11. The molecule has 0 saturated carbocycles. The first kappa shape index (κ1) is 14.5. The van der Waals surface area contributed by atoms with Crippen LogP contribution in [0.15, 0.2) is 0 Å². The summed E-state index contributed by atoms with van der Waals surface area (Å²) in [6.07, 6.45) is 6.84. The number of piperidine rings is 1. The van der Waals surface area contributed by atoms with Crippen molar-refractivity contribution in [1.29, 1.82) is 0 Å². The lowest BCUT2D eigenvalue weighted by Gasteiger charge is -2.30. The van der Waals surface area contributed by atoms with Gasteiger partial charge in [0, 0.05) is 19.6 Å². The van der Waals surface area contributed by atoms with Crippen LogP contribution in [0.25, 0.3) is 0 Å². The Bertz CT molecular complexity index is 213. The minimum atomic E-state index is -0.121. The highest BCUT2D eigenvalue weighted by atomic mass is 16.5. The molecule has 0 atom stereocenters. The lowest BCUT2D eigenvalue weighted by molar-refractivity contribution is -0.123. The van der Waals surface area contributed by atoms with Crippen LogP contribution in [-0.4, -0.2) is 44.2 Å². The molecule has 0 bridgehead atoms. The van der Waals surface area contributed by atoms with Gasteiger partial charge in [-0.05, 0) is 45.3 Å². The Kier molecular flexibility index (Phi) is 7.21. The number of hydrogen-bond donors (Lipinski definition) is 1. The van der Waals surface area contributed by atoms with Gasteiger partial charge >= 0.3 is 0 Å². The van der Waals surface area contributed by atoms with Crippen LogP contribution >= 0.6 is 0 Å². The Morgan fingerprint density at radius 3 is 2.47 bits per heavy atom. The molecule has 17 heavy (non-hydrogen) atoms. The predicted molar refractivity (Wildman–Crippen MR) is 68.7 cm³/mol. The highest BCUT2D eigenvalue weighted by Crippen LogP contribution is 2.17. The number of unbranched alkanes of at least 4 members (excludes halogenated alkanes) is 3. The average Bonchev–Trinajstić information content (AvgIpc) is 2.34. The fraction of sp³-hybridized carbons (Fsp3) is 0.923. The van der Waals surface area contributed by atoms with E-state index >= 15 is 0 Å². The molecular weight excluding hydrogens is 216 g/mol. The van der Waals surface area contributed by atoms with Gasteiger partial charge in [-0.25, -0.2) is 0 Å². The zero-order valence-corrected chi connectivity index (χ0v) is 11.0. The maximum absolute atomic E-state index is 11.0. The molecule has 1 aliphatic heterocycles. The van der Waals surface area contributed by atoms with Crippen LogP contribution in [0.1, 0.15) is 38.5 Å². The fourth-order valence-corrected chi connectivity index (χ4v) is 2.38. The molecule has 0 aromatic rings. The van der Waals surface area contributed by atoms with E-state index in [0.29, 0.717) is 0 Å². The van der Waals surface area contributed by atoms with Gasteiger partial charge in [-0.1, -0.05) is 12.8 Å². The maximum atomic E-state index is 11.0. The Morgan fingerprint density at radius 1 is 1.24 bits per heavy atom. The summed E-state index contributed by atoms with van der Waals surface area (Å²) in [5.74, 6) is -0.00262. The number of ether oxygens (including phenoxy) is 1. The van der Waals surface area contributed by atoms with E-state index < -0.39 is 0 Å². The van der Waals surface area contributed by atoms with Gasteiger partial charge in [0.2, 0.25) is 5.91 Å². The van der Waals surface area contributed by atoms with Crippen LogP contribution in [0.2, 0.25) is 0 Å². The summed E-state index contributed by atoms with van der Waals surface area (Å²) in [4.78, 5) is 13.5. The molecule has 4 heteroatoms. The quantitative estimate of drug-likeness (QED) is 0.654. The van der Waals surface area contributed by atoms with E-state index in [9.17, 15) is 4.79 Å². The van der Waals surface area contributed by atoms with Gasteiger partial charge in [0.05, 0.1) is 0 Å². The van der Waals surface area contributed by atoms with Crippen molar-refractivity contribution < 1.29 is 9.53 Å². The monoisotopic (exact) mass is 242 g/mol. The number of nitrogens with zero attached hydrogens (tertiary/aromatic N) is 1. The molecule has 4 nitrogen and oxygen atoms in total. The van der Waals surface area contributed by atoms with Crippen molar-refractivity contribution in [3.05, 3.63) is 0 Å². The van der Waals surface area contributed by atoms with Gasteiger partial charge in [0.1, 0.15) is 0 Å². The molecule has 1 amide bonds. The van der Waals surface area contributed by atoms with Crippen molar-refractivity contribution in [3.63, 3.8) is 0 Å². The third-order valence-corrected chi connectivity index (χ3v) is 3.56. The summed E-state index contributed by atoms with van der Waals surface area (Å²) >= 11 is 0. The van der Waals surface area contributed by atoms with E-state index in [1.165, 1.54) is 32.2 Å². The van der Waals surface area contributed by atoms with Crippen LogP contribution < -0.4 is 5.73 Å². The second-order valence-electron chi connectivity index (χ2n) is 4.93. The summed E-state index contributed by atoms with van der Waals surface area (Å²) in [5.41, 5.74) is 5.31. The van der Waals surface area contributed by atoms with Crippen LogP contribution in [0.5, 0.6) is 0 Å². The first-order chi connectivity index (χ1) is 8.24. The van der Waals surface area contributed by atoms with Crippen LogP contribution in [0.3, 0.4) is 0 Å². The normalized spacial score (nSPS) is 18.4. The second-order valence-corrected chi connectivity index (χ2v) is 4.93. The summed E-state index contributed by atoms with van der Waals surface area (Å²) in [6, 6.07) is 0. The van der Waals surface area contributed by atoms with E-state index in [0.717, 1.165) is 32.5 Å². The number of primary amides is 1. The van der Waals surface area contributed by atoms with Gasteiger partial charge in [-0.2, -0.15) is 0 Å². The Hall–Kier alpha value is -0.610. The second kappa shape index (κ2) is 8.48. The molecule has 1 heterocycles. The standard InChI is InChI=1S/C13H26N2O2/c1-17-11-5-3-2-4-8-15-9-6-12(7-10-15)13(14)16/h12H,2-11H2,1H3,(H2,14,16). The molecule has 0 spiro atoms. The first-order valence-electron chi connectivity index (χ1n) is 6.74. The molecule has 1 aliphatic rings. The largest absolute Gasteiger partial charge is 0.385 e. The van der Waals surface area contributed by atoms with Crippen molar-refractivity contribution in [2.75, 3.05) is 33.4 Å².